The predicted molar refractivity (Wildman–Crippen MR) is 53.5 cm³/mol. The maximum absolute atomic E-state index is 11.0. The zero-order chi connectivity index (χ0) is 11.3. The highest BCUT2D eigenvalue weighted by Gasteiger charge is 2.32. The Hall–Kier alpha value is -1.26. The Morgan fingerprint density at radius 2 is 2.20 bits per heavy atom. The largest absolute Gasteiger partial charge is 0.481 e. The summed E-state index contributed by atoms with van der Waals surface area (Å²) in [6.07, 6.45) is 2.04. The summed E-state index contributed by atoms with van der Waals surface area (Å²) in [4.78, 5) is 21.8. The molecule has 0 aromatic carbocycles. The van der Waals surface area contributed by atoms with Gasteiger partial charge in [-0.3, -0.25) is 4.79 Å². The van der Waals surface area contributed by atoms with Crippen LogP contribution in [0.3, 0.4) is 0 Å². The average molecular weight is 215 g/mol. The van der Waals surface area contributed by atoms with Gasteiger partial charge in [-0.25, -0.2) is 4.79 Å². The number of carbonyl (C=O) groups is 2. The second-order valence-electron chi connectivity index (χ2n) is 3.74. The van der Waals surface area contributed by atoms with E-state index in [9.17, 15) is 9.59 Å². The zero-order valence-corrected chi connectivity index (χ0v) is 8.86. The van der Waals surface area contributed by atoms with Crippen molar-refractivity contribution in [3.63, 3.8) is 0 Å². The minimum absolute atomic E-state index is 0.0481. The number of nitrogens with one attached hydrogen (secondary N) is 1. The molecular weight excluding hydrogens is 198 g/mol. The molecule has 0 aromatic rings. The van der Waals surface area contributed by atoms with Gasteiger partial charge in [0, 0.05) is 6.54 Å². The molecule has 1 aliphatic carbocycles. The van der Waals surface area contributed by atoms with E-state index in [1.807, 2.05) is 0 Å². The highest BCUT2D eigenvalue weighted by atomic mass is 16.5. The fraction of sp³-hybridized carbons (Fsp3) is 0.800. The van der Waals surface area contributed by atoms with Gasteiger partial charge in [0.1, 0.15) is 0 Å². The first-order chi connectivity index (χ1) is 7.15. The monoisotopic (exact) mass is 215 g/mol. The number of aliphatic carboxylic acids is 1. The molecule has 0 aliphatic heterocycles. The van der Waals surface area contributed by atoms with Gasteiger partial charge in [-0.05, 0) is 25.7 Å². The van der Waals surface area contributed by atoms with E-state index >= 15 is 0 Å². The van der Waals surface area contributed by atoms with Crippen LogP contribution in [-0.2, 0) is 9.53 Å². The smallest absolute Gasteiger partial charge is 0.407 e. The molecule has 0 radical (unpaired) electrons. The van der Waals surface area contributed by atoms with Crippen LogP contribution < -0.4 is 5.32 Å². The van der Waals surface area contributed by atoms with Gasteiger partial charge in [0.15, 0.2) is 0 Å². The summed E-state index contributed by atoms with van der Waals surface area (Å²) in [5, 5.41) is 11.5. The van der Waals surface area contributed by atoms with Gasteiger partial charge < -0.3 is 15.2 Å². The van der Waals surface area contributed by atoms with Gasteiger partial charge in [-0.2, -0.15) is 0 Å². The third-order valence-corrected chi connectivity index (χ3v) is 2.76. The summed E-state index contributed by atoms with van der Waals surface area (Å²) in [5.74, 6) is -1.03. The molecule has 1 rings (SSSR count). The topological polar surface area (TPSA) is 75.6 Å². The minimum atomic E-state index is -0.761. The van der Waals surface area contributed by atoms with E-state index in [4.69, 9.17) is 9.84 Å². The van der Waals surface area contributed by atoms with E-state index in [0.29, 0.717) is 19.6 Å². The van der Waals surface area contributed by atoms with Crippen LogP contribution in [0.25, 0.3) is 0 Å². The number of ether oxygens (including phenoxy) is 1. The third-order valence-electron chi connectivity index (χ3n) is 2.76. The summed E-state index contributed by atoms with van der Waals surface area (Å²) in [6, 6.07) is 0. The lowest BCUT2D eigenvalue weighted by molar-refractivity contribution is -0.142. The Morgan fingerprint density at radius 3 is 2.80 bits per heavy atom. The maximum Gasteiger partial charge on any atom is 0.407 e. The molecule has 5 heteroatoms. The summed E-state index contributed by atoms with van der Waals surface area (Å²) in [7, 11) is 0. The maximum atomic E-state index is 11.0. The molecule has 2 N–H and O–H groups in total. The molecule has 2 unspecified atom stereocenters. The van der Waals surface area contributed by atoms with E-state index in [1.54, 1.807) is 6.92 Å². The van der Waals surface area contributed by atoms with Crippen LogP contribution >= 0.6 is 0 Å². The zero-order valence-electron chi connectivity index (χ0n) is 8.86. The van der Waals surface area contributed by atoms with Gasteiger partial charge in [0.05, 0.1) is 12.5 Å². The molecule has 86 valence electrons. The van der Waals surface area contributed by atoms with Crippen molar-refractivity contribution in [3.8, 4) is 0 Å². The third kappa shape index (κ3) is 3.42. The molecule has 1 aliphatic rings. The molecule has 0 spiro atoms. The molecule has 1 saturated carbocycles. The number of amides is 1. The van der Waals surface area contributed by atoms with E-state index in [0.717, 1.165) is 12.8 Å². The van der Waals surface area contributed by atoms with Crippen LogP contribution in [0.2, 0.25) is 0 Å². The SMILES string of the molecule is CCOC(=O)NCC1CCCC1C(=O)O. The minimum Gasteiger partial charge on any atom is -0.481 e. The first kappa shape index (κ1) is 11.8. The predicted octanol–water partition coefficient (Wildman–Crippen LogP) is 1.23. The van der Waals surface area contributed by atoms with Crippen molar-refractivity contribution < 1.29 is 19.4 Å². The number of hydrogen-bond donors (Lipinski definition) is 2. The molecule has 5 nitrogen and oxygen atoms in total. The summed E-state index contributed by atoms with van der Waals surface area (Å²) in [5.41, 5.74) is 0. The standard InChI is InChI=1S/C10H17NO4/c1-2-15-10(14)11-6-7-4-3-5-8(7)9(12)13/h7-8H,2-6H2,1H3,(H,11,14)(H,12,13). The van der Waals surface area contributed by atoms with Crippen molar-refractivity contribution >= 4 is 12.1 Å². The van der Waals surface area contributed by atoms with Crippen LogP contribution in [0.1, 0.15) is 26.2 Å². The average Bonchev–Trinajstić information content (AvgIpc) is 2.63. The van der Waals surface area contributed by atoms with Crippen molar-refractivity contribution in [1.29, 1.82) is 0 Å². The van der Waals surface area contributed by atoms with Gasteiger partial charge in [0.2, 0.25) is 0 Å². The van der Waals surface area contributed by atoms with E-state index in [2.05, 4.69) is 5.32 Å². The number of hydrogen-bond acceptors (Lipinski definition) is 3. The highest BCUT2D eigenvalue weighted by Crippen LogP contribution is 2.31. The number of alkyl carbamates (subject to hydrolysis) is 1. The Kier molecular flexibility index (Phi) is 4.39. The molecule has 0 bridgehead atoms. The van der Waals surface area contributed by atoms with Crippen molar-refractivity contribution in [2.45, 2.75) is 26.2 Å². The molecule has 1 fully saturated rings. The van der Waals surface area contributed by atoms with Crippen molar-refractivity contribution in [2.75, 3.05) is 13.2 Å². The number of rotatable bonds is 4. The molecular formula is C10H17NO4. The fourth-order valence-electron chi connectivity index (χ4n) is 2.00. The normalized spacial score (nSPS) is 24.9. The number of carboxylic acid groups (broad SMARTS) is 1. The fourth-order valence-corrected chi connectivity index (χ4v) is 2.00. The van der Waals surface area contributed by atoms with Crippen LogP contribution in [0.4, 0.5) is 4.79 Å². The van der Waals surface area contributed by atoms with Gasteiger partial charge in [-0.1, -0.05) is 6.42 Å². The van der Waals surface area contributed by atoms with Crippen LogP contribution in [0, 0.1) is 11.8 Å². The molecule has 15 heavy (non-hydrogen) atoms. The lowest BCUT2D eigenvalue weighted by Crippen LogP contribution is -2.33. The number of carboxylic acids is 1. The van der Waals surface area contributed by atoms with Crippen molar-refractivity contribution in [3.05, 3.63) is 0 Å². The highest BCUT2D eigenvalue weighted by molar-refractivity contribution is 5.71. The Bertz CT molecular complexity index is 242. The molecule has 0 saturated heterocycles. The molecule has 0 heterocycles. The first-order valence-corrected chi connectivity index (χ1v) is 5.28. The van der Waals surface area contributed by atoms with Crippen molar-refractivity contribution in [2.24, 2.45) is 11.8 Å². The van der Waals surface area contributed by atoms with Crippen LogP contribution in [-0.4, -0.2) is 30.3 Å². The quantitative estimate of drug-likeness (QED) is 0.739. The molecule has 2 atom stereocenters. The lowest BCUT2D eigenvalue weighted by Gasteiger charge is -2.15. The second-order valence-corrected chi connectivity index (χ2v) is 3.74. The Balaban J connectivity index is 2.31. The molecule has 1 amide bonds. The van der Waals surface area contributed by atoms with Gasteiger partial charge >= 0.3 is 12.1 Å². The van der Waals surface area contributed by atoms with Crippen LogP contribution in [0.15, 0.2) is 0 Å². The van der Waals surface area contributed by atoms with E-state index in [-0.39, 0.29) is 11.8 Å². The summed E-state index contributed by atoms with van der Waals surface area (Å²) >= 11 is 0. The Morgan fingerprint density at radius 1 is 1.47 bits per heavy atom. The van der Waals surface area contributed by atoms with Gasteiger partial charge in [0.25, 0.3) is 0 Å². The summed E-state index contributed by atoms with van der Waals surface area (Å²) in [6.45, 7) is 2.46. The Labute approximate surface area is 88.8 Å². The molecule has 0 aromatic heterocycles. The van der Waals surface area contributed by atoms with E-state index in [1.165, 1.54) is 0 Å². The summed E-state index contributed by atoms with van der Waals surface area (Å²) < 4.78 is 4.70. The van der Waals surface area contributed by atoms with Crippen molar-refractivity contribution in [1.82, 2.24) is 5.32 Å². The second kappa shape index (κ2) is 5.58. The van der Waals surface area contributed by atoms with Crippen LogP contribution in [0.5, 0.6) is 0 Å². The lowest BCUT2D eigenvalue weighted by atomic mass is 9.96. The first-order valence-electron chi connectivity index (χ1n) is 5.28. The number of carbonyl (C=O) groups excluding carboxylic acids is 1. The van der Waals surface area contributed by atoms with E-state index < -0.39 is 12.1 Å². The van der Waals surface area contributed by atoms with Gasteiger partial charge in [-0.15, -0.1) is 0 Å².